The first-order valence-corrected chi connectivity index (χ1v) is 16.0. The van der Waals surface area contributed by atoms with Crippen molar-refractivity contribution in [1.29, 1.82) is 0 Å². The molecule has 4 aromatic carbocycles. The number of non-ortho nitro benzene ring substituents is 1. The van der Waals surface area contributed by atoms with Crippen LogP contribution < -0.4 is 5.32 Å². The molecule has 0 aliphatic heterocycles. The van der Waals surface area contributed by atoms with E-state index in [9.17, 15) is 23.3 Å². The predicted octanol–water partition coefficient (Wildman–Crippen LogP) is 7.98. The lowest BCUT2D eigenvalue weighted by Crippen LogP contribution is -2.40. The number of nitro groups is 1. The van der Waals surface area contributed by atoms with Gasteiger partial charge in [-0.2, -0.15) is 0 Å². The first kappa shape index (κ1) is 30.9. The maximum Gasteiger partial charge on any atom is 0.269 e. The summed E-state index contributed by atoms with van der Waals surface area (Å²) in [6.45, 7) is 1.84. The average Bonchev–Trinajstić information content (AvgIpc) is 2.93. The molecule has 1 amide bonds. The van der Waals surface area contributed by atoms with Crippen LogP contribution in [0.4, 0.5) is 11.4 Å². The lowest BCUT2D eigenvalue weighted by Gasteiger charge is -2.32. The van der Waals surface area contributed by atoms with Gasteiger partial charge in [0.2, 0.25) is 5.91 Å². The normalized spacial score (nSPS) is 12.8. The van der Waals surface area contributed by atoms with Crippen LogP contribution in [-0.4, -0.2) is 30.6 Å². The van der Waals surface area contributed by atoms with E-state index in [1.54, 1.807) is 48.5 Å². The third-order valence-electron chi connectivity index (χ3n) is 6.47. The summed E-state index contributed by atoms with van der Waals surface area (Å²) in [5, 5.41) is 14.7. The van der Waals surface area contributed by atoms with Gasteiger partial charge in [-0.25, -0.2) is 12.7 Å². The van der Waals surface area contributed by atoms with Crippen LogP contribution in [0.15, 0.2) is 109 Å². The molecule has 0 bridgehead atoms. The molecule has 212 valence electrons. The van der Waals surface area contributed by atoms with Crippen LogP contribution in [0.5, 0.6) is 0 Å². The van der Waals surface area contributed by atoms with Crippen molar-refractivity contribution < 1.29 is 18.1 Å². The Morgan fingerprint density at radius 2 is 1.37 bits per heavy atom. The molecule has 0 aliphatic carbocycles. The molecular weight excluding hydrogens is 742 g/mol. The molecule has 8 nitrogen and oxygen atoms in total. The monoisotopic (exact) mass is 763 g/mol. The minimum absolute atomic E-state index is 0.00993. The number of nitrogens with zero attached hydrogens (tertiary/aromatic N) is 2. The highest BCUT2D eigenvalue weighted by molar-refractivity contribution is 9.11. The minimum Gasteiger partial charge on any atom is -0.377 e. The molecule has 0 heterocycles. The molecule has 0 aliphatic rings. The van der Waals surface area contributed by atoms with Gasteiger partial charge >= 0.3 is 0 Å². The number of anilines is 1. The molecule has 0 radical (unpaired) electrons. The number of halogens is 3. The van der Waals surface area contributed by atoms with Crippen LogP contribution in [0.25, 0.3) is 0 Å². The van der Waals surface area contributed by atoms with Crippen LogP contribution in [0.3, 0.4) is 0 Å². The Balaban J connectivity index is 1.88. The summed E-state index contributed by atoms with van der Waals surface area (Å²) in [4.78, 5) is 25.1. The average molecular weight is 766 g/mol. The zero-order valence-electron chi connectivity index (χ0n) is 21.8. The molecule has 0 fully saturated rings. The SMILES string of the molecule is Cc1ccc(S(=O)(=O)N(C)C(=O)[C@H](c2ccc(Br)cc2)[C@H](Nc2cc(Br)cc(Br)c2)c2ccc([N+](=O)[O-])cc2)cc1. The second-order valence-electron chi connectivity index (χ2n) is 9.28. The summed E-state index contributed by atoms with van der Waals surface area (Å²) in [7, 11) is -2.95. The van der Waals surface area contributed by atoms with E-state index in [2.05, 4.69) is 53.1 Å². The summed E-state index contributed by atoms with van der Waals surface area (Å²) >= 11 is 10.4. The van der Waals surface area contributed by atoms with E-state index in [-0.39, 0.29) is 10.6 Å². The van der Waals surface area contributed by atoms with E-state index in [1.807, 2.05) is 25.1 Å². The highest BCUT2D eigenvalue weighted by atomic mass is 79.9. The second kappa shape index (κ2) is 12.8. The highest BCUT2D eigenvalue weighted by Gasteiger charge is 2.38. The third-order valence-corrected chi connectivity index (χ3v) is 9.68. The van der Waals surface area contributed by atoms with Gasteiger partial charge in [-0.15, -0.1) is 0 Å². The van der Waals surface area contributed by atoms with Crippen molar-refractivity contribution in [2.75, 3.05) is 12.4 Å². The van der Waals surface area contributed by atoms with Crippen LogP contribution in [-0.2, 0) is 14.8 Å². The van der Waals surface area contributed by atoms with Gasteiger partial charge in [-0.05, 0) is 60.5 Å². The largest absolute Gasteiger partial charge is 0.377 e. The van der Waals surface area contributed by atoms with E-state index in [0.29, 0.717) is 16.8 Å². The Labute approximate surface area is 263 Å². The number of nitrogens with one attached hydrogen (secondary N) is 1. The Morgan fingerprint density at radius 3 is 1.90 bits per heavy atom. The van der Waals surface area contributed by atoms with Crippen LogP contribution in [0.2, 0.25) is 0 Å². The number of carbonyl (C=O) groups excluding carboxylic acids is 1. The number of rotatable bonds is 9. The number of amides is 1. The third kappa shape index (κ3) is 7.24. The summed E-state index contributed by atoms with van der Waals surface area (Å²) in [5.74, 6) is -1.73. The molecule has 4 rings (SSSR count). The molecule has 2 atom stereocenters. The van der Waals surface area contributed by atoms with Crippen molar-refractivity contribution >= 4 is 75.1 Å². The fraction of sp³-hybridized carbons (Fsp3) is 0.138. The molecule has 0 aromatic heterocycles. The van der Waals surface area contributed by atoms with Gasteiger partial charge in [0, 0.05) is 38.3 Å². The smallest absolute Gasteiger partial charge is 0.269 e. The van der Waals surface area contributed by atoms with E-state index in [0.717, 1.165) is 23.3 Å². The van der Waals surface area contributed by atoms with Crippen molar-refractivity contribution in [2.45, 2.75) is 23.8 Å². The zero-order chi connectivity index (χ0) is 29.9. The summed E-state index contributed by atoms with van der Waals surface area (Å²) < 4.78 is 30.3. The van der Waals surface area contributed by atoms with E-state index in [4.69, 9.17) is 0 Å². The number of benzene rings is 4. The van der Waals surface area contributed by atoms with Crippen LogP contribution >= 0.6 is 47.8 Å². The molecule has 12 heteroatoms. The lowest BCUT2D eigenvalue weighted by atomic mass is 9.86. The van der Waals surface area contributed by atoms with Crippen molar-refractivity contribution in [2.24, 2.45) is 0 Å². The Bertz CT molecular complexity index is 1660. The van der Waals surface area contributed by atoms with Gasteiger partial charge in [-0.3, -0.25) is 14.9 Å². The van der Waals surface area contributed by atoms with Gasteiger partial charge in [0.15, 0.2) is 0 Å². The number of nitro benzene ring substituents is 1. The van der Waals surface area contributed by atoms with E-state index >= 15 is 0 Å². The number of sulfonamides is 1. The summed E-state index contributed by atoms with van der Waals surface area (Å²) in [6, 6.07) is 23.8. The quantitative estimate of drug-likeness (QED) is 0.137. The summed E-state index contributed by atoms with van der Waals surface area (Å²) in [6.07, 6.45) is 0. The summed E-state index contributed by atoms with van der Waals surface area (Å²) in [5.41, 5.74) is 2.51. The topological polar surface area (TPSA) is 110 Å². The predicted molar refractivity (Wildman–Crippen MR) is 169 cm³/mol. The van der Waals surface area contributed by atoms with Gasteiger partial charge in [-0.1, -0.05) is 89.8 Å². The standard InChI is InChI=1S/C29H24Br3N3O5S/c1-18-3-13-26(14-4-18)41(39,40)34(2)29(36)27(19-5-9-21(30)10-6-19)28(20-7-11-25(12-8-20)35(37)38)33-24-16-22(31)15-23(32)17-24/h3-17,27-28,33H,1-2H3/t27-,28-/m1/s1. The van der Waals surface area contributed by atoms with E-state index < -0.39 is 32.8 Å². The lowest BCUT2D eigenvalue weighted by molar-refractivity contribution is -0.384. The number of carbonyl (C=O) groups is 1. The second-order valence-corrected chi connectivity index (χ2v) is 14.0. The molecular formula is C29H24Br3N3O5S. The fourth-order valence-electron chi connectivity index (χ4n) is 4.31. The highest BCUT2D eigenvalue weighted by Crippen LogP contribution is 2.38. The molecule has 0 saturated heterocycles. The number of likely N-dealkylation sites (N-methyl/N-ethyl adjacent to an activating group) is 1. The van der Waals surface area contributed by atoms with Gasteiger partial charge in [0.05, 0.1) is 21.8 Å². The van der Waals surface area contributed by atoms with Crippen molar-refractivity contribution in [1.82, 2.24) is 4.31 Å². The fourth-order valence-corrected chi connectivity index (χ4v) is 7.01. The number of hydrogen-bond donors (Lipinski definition) is 1. The van der Waals surface area contributed by atoms with Gasteiger partial charge in [0.1, 0.15) is 0 Å². The molecule has 0 unspecified atom stereocenters. The molecule has 4 aromatic rings. The molecule has 1 N–H and O–H groups in total. The van der Waals surface area contributed by atoms with E-state index in [1.165, 1.54) is 31.3 Å². The van der Waals surface area contributed by atoms with Crippen molar-refractivity contribution in [3.63, 3.8) is 0 Å². The molecule has 0 saturated carbocycles. The van der Waals surface area contributed by atoms with Crippen LogP contribution in [0, 0.1) is 17.0 Å². The molecule has 0 spiro atoms. The maximum atomic E-state index is 14.3. The maximum absolute atomic E-state index is 14.3. The minimum atomic E-state index is -4.19. The Hall–Kier alpha value is -3.06. The van der Waals surface area contributed by atoms with Crippen molar-refractivity contribution in [3.05, 3.63) is 131 Å². The van der Waals surface area contributed by atoms with Gasteiger partial charge in [0.25, 0.3) is 15.7 Å². The van der Waals surface area contributed by atoms with Crippen molar-refractivity contribution in [3.8, 4) is 0 Å². The number of aryl methyl sites for hydroxylation is 1. The Morgan fingerprint density at radius 1 is 0.829 bits per heavy atom. The van der Waals surface area contributed by atoms with Crippen LogP contribution in [0.1, 0.15) is 28.7 Å². The van der Waals surface area contributed by atoms with Gasteiger partial charge < -0.3 is 5.32 Å². The zero-order valence-corrected chi connectivity index (χ0v) is 27.4. The Kier molecular flexibility index (Phi) is 9.68. The molecule has 41 heavy (non-hydrogen) atoms. The first-order chi connectivity index (χ1) is 19.4. The number of hydrogen-bond acceptors (Lipinski definition) is 6. The first-order valence-electron chi connectivity index (χ1n) is 12.2.